The van der Waals surface area contributed by atoms with Crippen molar-refractivity contribution in [1.82, 2.24) is 10.2 Å². The lowest BCUT2D eigenvalue weighted by Gasteiger charge is -2.41. The molecule has 0 unspecified atom stereocenters. The fourth-order valence-corrected chi connectivity index (χ4v) is 4.99. The standard InChI is InChI=1S/C28H36N2O2/c1-19(2)29-27(32)28(12-14-30(15-13-28)26(31)25-17-21(25)4)18-22-8-10-23(11-9-22)24-7-5-6-20(3)16-24/h5-11,16,19,21,25H,12-15,17-18H2,1-4H3,(H,29,32)/t21-,25+/m0/s1. The molecule has 2 aliphatic rings. The number of nitrogens with one attached hydrogen (secondary N) is 1. The molecule has 0 spiro atoms. The zero-order chi connectivity index (χ0) is 22.9. The second kappa shape index (κ2) is 9.09. The number of carbonyl (C=O) groups excluding carboxylic acids is 2. The zero-order valence-corrected chi connectivity index (χ0v) is 19.9. The van der Waals surface area contributed by atoms with Gasteiger partial charge in [0.05, 0.1) is 5.41 Å². The maximum atomic E-state index is 13.3. The molecule has 2 aromatic rings. The van der Waals surface area contributed by atoms with Gasteiger partial charge in [-0.3, -0.25) is 9.59 Å². The Labute approximate surface area is 192 Å². The molecular weight excluding hydrogens is 396 g/mol. The monoisotopic (exact) mass is 432 g/mol. The van der Waals surface area contributed by atoms with Crippen molar-refractivity contribution < 1.29 is 9.59 Å². The molecule has 1 saturated carbocycles. The summed E-state index contributed by atoms with van der Waals surface area (Å²) in [5, 5.41) is 3.16. The Balaban J connectivity index is 1.50. The summed E-state index contributed by atoms with van der Waals surface area (Å²) in [6, 6.07) is 17.3. The molecule has 170 valence electrons. The van der Waals surface area contributed by atoms with Crippen LogP contribution in [0.1, 0.15) is 51.2 Å². The van der Waals surface area contributed by atoms with Crippen LogP contribution in [0.15, 0.2) is 48.5 Å². The van der Waals surface area contributed by atoms with Crippen LogP contribution in [0.4, 0.5) is 0 Å². The molecule has 4 heteroatoms. The number of hydrogen-bond acceptors (Lipinski definition) is 2. The number of rotatable bonds is 6. The first kappa shape index (κ1) is 22.6. The first-order valence-corrected chi connectivity index (χ1v) is 12.0. The molecule has 2 fully saturated rings. The summed E-state index contributed by atoms with van der Waals surface area (Å²) in [4.78, 5) is 28.0. The van der Waals surface area contributed by atoms with Crippen LogP contribution in [-0.4, -0.2) is 35.8 Å². The van der Waals surface area contributed by atoms with E-state index in [1.54, 1.807) is 0 Å². The van der Waals surface area contributed by atoms with Gasteiger partial charge in [0.25, 0.3) is 0 Å². The van der Waals surface area contributed by atoms with Gasteiger partial charge >= 0.3 is 0 Å². The number of nitrogens with zero attached hydrogens (tertiary/aromatic N) is 1. The number of benzene rings is 2. The number of aryl methyl sites for hydroxylation is 1. The number of amides is 2. The summed E-state index contributed by atoms with van der Waals surface area (Å²) >= 11 is 0. The van der Waals surface area contributed by atoms with Gasteiger partial charge in [-0.2, -0.15) is 0 Å². The smallest absolute Gasteiger partial charge is 0.226 e. The SMILES string of the molecule is Cc1cccc(-c2ccc(CC3(C(=O)NC(C)C)CCN(C(=O)[C@@H]4C[C@@H]4C)CC3)cc2)c1. The van der Waals surface area contributed by atoms with E-state index in [0.717, 1.165) is 19.3 Å². The highest BCUT2D eigenvalue weighted by atomic mass is 16.2. The summed E-state index contributed by atoms with van der Waals surface area (Å²) in [5.74, 6) is 1.14. The van der Waals surface area contributed by atoms with Gasteiger partial charge in [-0.15, -0.1) is 0 Å². The predicted octanol–water partition coefficient (Wildman–Crippen LogP) is 4.99. The third-order valence-electron chi connectivity index (χ3n) is 7.21. The van der Waals surface area contributed by atoms with Gasteiger partial charge in [0.1, 0.15) is 0 Å². The van der Waals surface area contributed by atoms with Gasteiger partial charge in [-0.25, -0.2) is 0 Å². The van der Waals surface area contributed by atoms with Gasteiger partial charge in [0.15, 0.2) is 0 Å². The summed E-state index contributed by atoms with van der Waals surface area (Å²) in [6.07, 6.45) is 3.17. The molecule has 1 aliphatic heterocycles. The van der Waals surface area contributed by atoms with E-state index < -0.39 is 5.41 Å². The molecule has 4 nitrogen and oxygen atoms in total. The van der Waals surface area contributed by atoms with Crippen molar-refractivity contribution in [2.75, 3.05) is 13.1 Å². The van der Waals surface area contributed by atoms with Gasteiger partial charge in [-0.05, 0) is 69.1 Å². The van der Waals surface area contributed by atoms with E-state index in [4.69, 9.17) is 0 Å². The maximum absolute atomic E-state index is 13.3. The van der Waals surface area contributed by atoms with Crippen molar-refractivity contribution in [1.29, 1.82) is 0 Å². The molecule has 0 bridgehead atoms. The van der Waals surface area contributed by atoms with Crippen molar-refractivity contribution in [2.24, 2.45) is 17.3 Å². The Hall–Kier alpha value is -2.62. The highest BCUT2D eigenvalue weighted by Crippen LogP contribution is 2.42. The Kier molecular flexibility index (Phi) is 6.41. The van der Waals surface area contributed by atoms with Crippen molar-refractivity contribution in [2.45, 2.75) is 59.4 Å². The lowest BCUT2D eigenvalue weighted by Crippen LogP contribution is -2.52. The minimum Gasteiger partial charge on any atom is -0.353 e. The van der Waals surface area contributed by atoms with Crippen molar-refractivity contribution in [3.05, 3.63) is 59.7 Å². The van der Waals surface area contributed by atoms with E-state index in [1.165, 1.54) is 22.3 Å². The van der Waals surface area contributed by atoms with Crippen LogP contribution in [-0.2, 0) is 16.0 Å². The molecule has 1 aliphatic carbocycles. The molecule has 32 heavy (non-hydrogen) atoms. The third-order valence-corrected chi connectivity index (χ3v) is 7.21. The second-order valence-electron chi connectivity index (χ2n) is 10.3. The van der Waals surface area contributed by atoms with Crippen LogP contribution >= 0.6 is 0 Å². The van der Waals surface area contributed by atoms with E-state index in [1.807, 2.05) is 18.7 Å². The average molecular weight is 433 g/mol. The minimum absolute atomic E-state index is 0.107. The van der Waals surface area contributed by atoms with Gasteiger partial charge in [0.2, 0.25) is 11.8 Å². The third kappa shape index (κ3) is 4.90. The molecule has 2 amide bonds. The summed E-state index contributed by atoms with van der Waals surface area (Å²) in [7, 11) is 0. The van der Waals surface area contributed by atoms with Crippen molar-refractivity contribution >= 4 is 11.8 Å². The Bertz CT molecular complexity index is 971. The van der Waals surface area contributed by atoms with E-state index in [0.29, 0.717) is 25.4 Å². The van der Waals surface area contributed by atoms with E-state index in [2.05, 4.69) is 67.7 Å². The highest BCUT2D eigenvalue weighted by molar-refractivity contribution is 5.85. The van der Waals surface area contributed by atoms with E-state index in [9.17, 15) is 9.59 Å². The Morgan fingerprint density at radius 1 is 1.06 bits per heavy atom. The van der Waals surface area contributed by atoms with Crippen molar-refractivity contribution in [3.63, 3.8) is 0 Å². The molecule has 4 rings (SSSR count). The van der Waals surface area contributed by atoms with Crippen LogP contribution in [0, 0.1) is 24.2 Å². The van der Waals surface area contributed by atoms with Crippen LogP contribution in [0.3, 0.4) is 0 Å². The average Bonchev–Trinajstić information content (AvgIpc) is 3.50. The molecule has 0 radical (unpaired) electrons. The van der Waals surface area contributed by atoms with Crippen LogP contribution in [0.2, 0.25) is 0 Å². The molecular formula is C28H36N2O2. The van der Waals surface area contributed by atoms with E-state index in [-0.39, 0.29) is 23.8 Å². The summed E-state index contributed by atoms with van der Waals surface area (Å²) in [6.45, 7) is 9.62. The first-order valence-electron chi connectivity index (χ1n) is 12.0. The normalized spacial score (nSPS) is 22.0. The number of piperidine rings is 1. The Morgan fingerprint density at radius 3 is 2.28 bits per heavy atom. The van der Waals surface area contributed by atoms with Gasteiger partial charge in [-0.1, -0.05) is 61.0 Å². The van der Waals surface area contributed by atoms with Gasteiger partial charge < -0.3 is 10.2 Å². The number of likely N-dealkylation sites (tertiary alicyclic amines) is 1. The Morgan fingerprint density at radius 2 is 1.72 bits per heavy atom. The minimum atomic E-state index is -0.457. The predicted molar refractivity (Wildman–Crippen MR) is 129 cm³/mol. The summed E-state index contributed by atoms with van der Waals surface area (Å²) < 4.78 is 0. The fraction of sp³-hybridized carbons (Fsp3) is 0.500. The second-order valence-corrected chi connectivity index (χ2v) is 10.3. The molecule has 1 heterocycles. The number of carbonyl (C=O) groups is 2. The quantitative estimate of drug-likeness (QED) is 0.699. The molecule has 2 aromatic carbocycles. The fourth-order valence-electron chi connectivity index (χ4n) is 4.99. The van der Waals surface area contributed by atoms with Crippen LogP contribution in [0.25, 0.3) is 11.1 Å². The van der Waals surface area contributed by atoms with Crippen molar-refractivity contribution in [3.8, 4) is 11.1 Å². The largest absolute Gasteiger partial charge is 0.353 e. The van der Waals surface area contributed by atoms with Crippen LogP contribution < -0.4 is 5.32 Å². The molecule has 2 atom stereocenters. The molecule has 0 aromatic heterocycles. The van der Waals surface area contributed by atoms with Gasteiger partial charge in [0, 0.05) is 25.0 Å². The molecule has 1 N–H and O–H groups in total. The molecule has 1 saturated heterocycles. The zero-order valence-electron chi connectivity index (χ0n) is 19.9. The summed E-state index contributed by atoms with van der Waals surface area (Å²) in [5.41, 5.74) is 4.37. The topological polar surface area (TPSA) is 49.4 Å². The lowest BCUT2D eigenvalue weighted by molar-refractivity contribution is -0.141. The first-order chi connectivity index (χ1) is 15.3. The number of hydrogen-bond donors (Lipinski definition) is 1. The maximum Gasteiger partial charge on any atom is 0.226 e. The van der Waals surface area contributed by atoms with E-state index >= 15 is 0 Å². The highest BCUT2D eigenvalue weighted by Gasteiger charge is 2.46. The lowest BCUT2D eigenvalue weighted by atomic mass is 9.72. The van der Waals surface area contributed by atoms with Crippen LogP contribution in [0.5, 0.6) is 0 Å².